The van der Waals surface area contributed by atoms with Crippen molar-refractivity contribution >= 4 is 22.5 Å². The van der Waals surface area contributed by atoms with Gasteiger partial charge in [0, 0.05) is 12.6 Å². The minimum Gasteiger partial charge on any atom is -0.408 e. The molecule has 0 unspecified atom stereocenters. The van der Waals surface area contributed by atoms with E-state index in [0.29, 0.717) is 16.8 Å². The van der Waals surface area contributed by atoms with E-state index in [4.69, 9.17) is 10.2 Å². The summed E-state index contributed by atoms with van der Waals surface area (Å²) in [5, 5.41) is 3.30. The van der Waals surface area contributed by atoms with E-state index >= 15 is 0 Å². The third kappa shape index (κ3) is 3.08. The number of oxazole rings is 1. The summed E-state index contributed by atoms with van der Waals surface area (Å²) >= 11 is 0. The number of hydrogen-bond acceptors (Lipinski definition) is 4. The Labute approximate surface area is 121 Å². The Hall–Kier alpha value is -2.69. The van der Waals surface area contributed by atoms with Gasteiger partial charge in [-0.15, -0.1) is 0 Å². The Morgan fingerprint density at radius 3 is 2.81 bits per heavy atom. The molecule has 0 amide bonds. The molecule has 0 fully saturated rings. The molecule has 1 heterocycles. The average Bonchev–Trinajstić information content (AvgIpc) is 2.83. The van der Waals surface area contributed by atoms with Gasteiger partial charge in [-0.1, -0.05) is 30.3 Å². The van der Waals surface area contributed by atoms with Gasteiger partial charge in [-0.05, 0) is 24.5 Å². The monoisotopic (exact) mass is 283 g/mol. The minimum atomic E-state index is -0.467. The van der Waals surface area contributed by atoms with Crippen molar-refractivity contribution < 1.29 is 4.42 Å². The molecule has 0 atom stereocenters. The lowest BCUT2D eigenvalue weighted by Gasteiger charge is -2.09. The molecule has 5 nitrogen and oxygen atoms in total. The molecular weight excluding hydrogens is 266 g/mol. The zero-order valence-electron chi connectivity index (χ0n) is 11.6. The molecular formula is C16H17N3O2. The second-order valence-corrected chi connectivity index (χ2v) is 4.97. The quantitative estimate of drug-likeness (QED) is 0.496. The number of nitrogens with two attached hydrogens (primary N) is 1. The van der Waals surface area contributed by atoms with Crippen molar-refractivity contribution in [2.24, 2.45) is 0 Å². The summed E-state index contributed by atoms with van der Waals surface area (Å²) in [7, 11) is 0. The molecule has 0 bridgehead atoms. The van der Waals surface area contributed by atoms with Crippen molar-refractivity contribution in [1.29, 1.82) is 0 Å². The van der Waals surface area contributed by atoms with Crippen LogP contribution in [-0.4, -0.2) is 11.5 Å². The summed E-state index contributed by atoms with van der Waals surface area (Å²) in [6.07, 6.45) is 2.02. The summed E-state index contributed by atoms with van der Waals surface area (Å²) in [5.74, 6) is -0.467. The van der Waals surface area contributed by atoms with Crippen LogP contribution in [0.15, 0.2) is 51.7 Å². The van der Waals surface area contributed by atoms with Crippen LogP contribution in [0, 0.1) is 0 Å². The summed E-state index contributed by atoms with van der Waals surface area (Å²) < 4.78 is 4.97. The number of hydrogen-bond donors (Lipinski definition) is 3. The van der Waals surface area contributed by atoms with Crippen LogP contribution in [-0.2, 0) is 6.42 Å². The molecule has 108 valence electrons. The molecule has 0 radical (unpaired) electrons. The lowest BCUT2D eigenvalue weighted by atomic mass is 10.1. The van der Waals surface area contributed by atoms with Gasteiger partial charge in [-0.2, -0.15) is 0 Å². The van der Waals surface area contributed by atoms with E-state index in [9.17, 15) is 4.79 Å². The van der Waals surface area contributed by atoms with Gasteiger partial charge in [0.15, 0.2) is 5.58 Å². The van der Waals surface area contributed by atoms with Crippen LogP contribution >= 0.6 is 0 Å². The van der Waals surface area contributed by atoms with Gasteiger partial charge in [0.25, 0.3) is 0 Å². The van der Waals surface area contributed by atoms with Crippen LogP contribution in [0.2, 0.25) is 0 Å². The first-order valence-electron chi connectivity index (χ1n) is 6.92. The van der Waals surface area contributed by atoms with Crippen molar-refractivity contribution in [2.75, 3.05) is 17.6 Å². The van der Waals surface area contributed by atoms with E-state index in [-0.39, 0.29) is 0 Å². The number of aromatic amines is 1. The summed E-state index contributed by atoms with van der Waals surface area (Å²) in [4.78, 5) is 13.8. The second kappa shape index (κ2) is 5.75. The van der Waals surface area contributed by atoms with Crippen LogP contribution in [0.5, 0.6) is 0 Å². The number of fused-ring (bicyclic) bond motifs is 1. The van der Waals surface area contributed by atoms with Crippen LogP contribution < -0.4 is 16.8 Å². The van der Waals surface area contributed by atoms with Gasteiger partial charge in [-0.25, -0.2) is 4.79 Å². The first-order chi connectivity index (χ1) is 10.2. The maximum Gasteiger partial charge on any atom is 0.417 e. The van der Waals surface area contributed by atoms with Gasteiger partial charge < -0.3 is 15.5 Å². The van der Waals surface area contributed by atoms with Gasteiger partial charge in [0.1, 0.15) is 0 Å². The summed E-state index contributed by atoms with van der Waals surface area (Å²) in [6, 6.07) is 13.8. The third-order valence-corrected chi connectivity index (χ3v) is 3.39. The third-order valence-electron chi connectivity index (χ3n) is 3.39. The van der Waals surface area contributed by atoms with Crippen molar-refractivity contribution in [3.63, 3.8) is 0 Å². The molecule has 0 saturated heterocycles. The number of anilines is 2. The molecule has 0 aliphatic rings. The van der Waals surface area contributed by atoms with E-state index in [2.05, 4.69) is 22.4 Å². The fraction of sp³-hybridized carbons (Fsp3) is 0.188. The normalized spacial score (nSPS) is 10.9. The highest BCUT2D eigenvalue weighted by atomic mass is 16.4. The first kappa shape index (κ1) is 13.3. The Bertz CT molecular complexity index is 790. The summed E-state index contributed by atoms with van der Waals surface area (Å²) in [6.45, 7) is 0.812. The lowest BCUT2D eigenvalue weighted by molar-refractivity contribution is 0.555. The molecule has 1 aromatic heterocycles. The number of nitrogen functional groups attached to an aromatic ring is 1. The molecule has 0 saturated carbocycles. The van der Waals surface area contributed by atoms with Gasteiger partial charge in [-0.3, -0.25) is 4.98 Å². The number of aromatic nitrogens is 1. The molecule has 3 rings (SSSR count). The van der Waals surface area contributed by atoms with Crippen molar-refractivity contribution in [2.45, 2.75) is 12.8 Å². The lowest BCUT2D eigenvalue weighted by Crippen LogP contribution is -2.05. The van der Waals surface area contributed by atoms with Crippen LogP contribution in [0.1, 0.15) is 12.0 Å². The maximum atomic E-state index is 11.1. The van der Waals surface area contributed by atoms with Gasteiger partial charge in [0.2, 0.25) is 0 Å². The number of H-pyrrole nitrogens is 1. The predicted octanol–water partition coefficient (Wildman–Crippen LogP) is 2.75. The number of benzene rings is 2. The van der Waals surface area contributed by atoms with Gasteiger partial charge >= 0.3 is 5.76 Å². The topological polar surface area (TPSA) is 84.0 Å². The first-order valence-corrected chi connectivity index (χ1v) is 6.92. The van der Waals surface area contributed by atoms with E-state index in [0.717, 1.165) is 25.1 Å². The van der Waals surface area contributed by atoms with Gasteiger partial charge in [0.05, 0.1) is 16.9 Å². The molecule has 5 heteroatoms. The zero-order chi connectivity index (χ0) is 14.7. The maximum absolute atomic E-state index is 11.1. The molecule has 21 heavy (non-hydrogen) atoms. The second-order valence-electron chi connectivity index (χ2n) is 4.97. The largest absolute Gasteiger partial charge is 0.417 e. The van der Waals surface area contributed by atoms with Crippen molar-refractivity contribution in [3.8, 4) is 0 Å². The highest BCUT2D eigenvalue weighted by Crippen LogP contribution is 2.24. The van der Waals surface area contributed by atoms with Crippen molar-refractivity contribution in [3.05, 3.63) is 58.6 Å². The minimum absolute atomic E-state index is 0.467. The smallest absolute Gasteiger partial charge is 0.408 e. The van der Waals surface area contributed by atoms with Crippen LogP contribution in [0.25, 0.3) is 11.1 Å². The van der Waals surface area contributed by atoms with E-state index in [1.165, 1.54) is 5.56 Å². The Morgan fingerprint density at radius 1 is 1.19 bits per heavy atom. The van der Waals surface area contributed by atoms with Crippen LogP contribution in [0.3, 0.4) is 0 Å². The number of rotatable bonds is 5. The zero-order valence-corrected chi connectivity index (χ0v) is 11.6. The fourth-order valence-electron chi connectivity index (χ4n) is 2.33. The highest BCUT2D eigenvalue weighted by molar-refractivity contribution is 5.85. The molecule has 4 N–H and O–H groups in total. The SMILES string of the molecule is Nc1cc2oc(=O)[nH]c2cc1NCCCc1ccccc1. The highest BCUT2D eigenvalue weighted by Gasteiger charge is 2.06. The Morgan fingerprint density at radius 2 is 2.00 bits per heavy atom. The van der Waals surface area contributed by atoms with Crippen LogP contribution in [0.4, 0.5) is 11.4 Å². The molecule has 0 aliphatic heterocycles. The summed E-state index contributed by atoms with van der Waals surface area (Å²) in [5.41, 5.74) is 9.79. The molecule has 2 aromatic carbocycles. The molecule has 0 aliphatic carbocycles. The standard InChI is InChI=1S/C16H17N3O2/c17-12-9-15-14(19-16(20)21-15)10-13(12)18-8-4-7-11-5-2-1-3-6-11/h1-3,5-6,9-10,18H,4,7-8,17H2,(H,19,20). The predicted molar refractivity (Wildman–Crippen MR) is 84.5 cm³/mol. The number of aryl methyl sites for hydroxylation is 1. The Balaban J connectivity index is 1.62. The average molecular weight is 283 g/mol. The Kier molecular flexibility index (Phi) is 3.64. The van der Waals surface area contributed by atoms with E-state index in [1.54, 1.807) is 12.1 Å². The van der Waals surface area contributed by atoms with Crippen molar-refractivity contribution in [1.82, 2.24) is 4.98 Å². The van der Waals surface area contributed by atoms with E-state index in [1.807, 2.05) is 18.2 Å². The molecule has 3 aromatic rings. The number of nitrogens with one attached hydrogen (secondary N) is 2. The fourth-order valence-corrected chi connectivity index (χ4v) is 2.33. The molecule has 0 spiro atoms. The van der Waals surface area contributed by atoms with E-state index < -0.39 is 5.76 Å².